The summed E-state index contributed by atoms with van der Waals surface area (Å²) in [5, 5.41) is 4.33. The van der Waals surface area contributed by atoms with Gasteiger partial charge in [0.25, 0.3) is 0 Å². The Bertz CT molecular complexity index is 492. The molecule has 0 amide bonds. The Morgan fingerprint density at radius 3 is 2.75 bits per heavy atom. The smallest absolute Gasteiger partial charge is 0.0703 e. The van der Waals surface area contributed by atoms with Crippen LogP contribution in [0.4, 0.5) is 5.69 Å². The summed E-state index contributed by atoms with van der Waals surface area (Å²) in [7, 11) is 6.04. The first-order valence-corrected chi connectivity index (χ1v) is 5.41. The number of rotatable bonds is 3. The van der Waals surface area contributed by atoms with Crippen molar-refractivity contribution in [3.63, 3.8) is 0 Å². The molecule has 0 unspecified atom stereocenters. The fraction of sp³-hybridized carbons (Fsp3) is 0.308. The molecule has 0 atom stereocenters. The average molecular weight is 215 g/mol. The molecule has 0 spiro atoms. The normalized spacial score (nSPS) is 10.7. The van der Waals surface area contributed by atoms with E-state index in [9.17, 15) is 0 Å². The average Bonchev–Trinajstić information content (AvgIpc) is 2.28. The zero-order valence-electron chi connectivity index (χ0n) is 9.99. The number of hydrogen-bond donors (Lipinski definition) is 1. The van der Waals surface area contributed by atoms with E-state index in [4.69, 9.17) is 0 Å². The minimum absolute atomic E-state index is 0.856. The Hall–Kier alpha value is -1.61. The molecule has 0 radical (unpaired) electrons. The van der Waals surface area contributed by atoms with E-state index >= 15 is 0 Å². The van der Waals surface area contributed by atoms with Gasteiger partial charge in [-0.3, -0.25) is 4.98 Å². The molecule has 0 aliphatic carbocycles. The molecule has 0 aliphatic rings. The third kappa shape index (κ3) is 2.14. The van der Waals surface area contributed by atoms with Crippen molar-refractivity contribution in [1.82, 2.24) is 10.3 Å². The summed E-state index contributed by atoms with van der Waals surface area (Å²) < 4.78 is 0. The SMILES string of the molecule is CNCc1cnc2ccc(N(C)C)cc2c1. The molecular formula is C13H17N3. The minimum Gasteiger partial charge on any atom is -0.378 e. The van der Waals surface area contributed by atoms with Crippen LogP contribution in [0.15, 0.2) is 30.5 Å². The highest BCUT2D eigenvalue weighted by Crippen LogP contribution is 2.20. The summed E-state index contributed by atoms with van der Waals surface area (Å²) in [6.45, 7) is 0.856. The van der Waals surface area contributed by atoms with Crippen molar-refractivity contribution >= 4 is 16.6 Å². The van der Waals surface area contributed by atoms with E-state index in [0.717, 1.165) is 12.1 Å². The lowest BCUT2D eigenvalue weighted by molar-refractivity contribution is 0.815. The lowest BCUT2D eigenvalue weighted by atomic mass is 10.1. The van der Waals surface area contributed by atoms with Gasteiger partial charge < -0.3 is 10.2 Å². The van der Waals surface area contributed by atoms with Gasteiger partial charge in [0.15, 0.2) is 0 Å². The van der Waals surface area contributed by atoms with Crippen molar-refractivity contribution in [1.29, 1.82) is 0 Å². The van der Waals surface area contributed by atoms with Gasteiger partial charge in [-0.1, -0.05) is 0 Å². The van der Waals surface area contributed by atoms with E-state index < -0.39 is 0 Å². The van der Waals surface area contributed by atoms with Crippen LogP contribution in [0.2, 0.25) is 0 Å². The second kappa shape index (κ2) is 4.49. The molecule has 0 saturated carbocycles. The molecule has 0 bridgehead atoms. The number of anilines is 1. The first kappa shape index (κ1) is 10.9. The summed E-state index contributed by atoms with van der Waals surface area (Å²) in [5.74, 6) is 0. The standard InChI is InChI=1S/C13H17N3/c1-14-8-10-6-11-7-12(16(2)3)4-5-13(11)15-9-10/h4-7,9,14H,8H2,1-3H3. The first-order valence-electron chi connectivity index (χ1n) is 5.41. The number of nitrogens with one attached hydrogen (secondary N) is 1. The number of fused-ring (bicyclic) bond motifs is 1. The van der Waals surface area contributed by atoms with Crippen molar-refractivity contribution in [2.75, 3.05) is 26.0 Å². The highest BCUT2D eigenvalue weighted by atomic mass is 15.1. The molecule has 3 nitrogen and oxygen atoms in total. The van der Waals surface area contributed by atoms with Crippen LogP contribution in [0.5, 0.6) is 0 Å². The largest absolute Gasteiger partial charge is 0.378 e. The van der Waals surface area contributed by atoms with Gasteiger partial charge in [-0.05, 0) is 36.9 Å². The Kier molecular flexibility index (Phi) is 3.06. The van der Waals surface area contributed by atoms with Crippen LogP contribution >= 0.6 is 0 Å². The molecule has 0 fully saturated rings. The topological polar surface area (TPSA) is 28.2 Å². The monoisotopic (exact) mass is 215 g/mol. The Morgan fingerprint density at radius 2 is 2.06 bits per heavy atom. The number of aromatic nitrogens is 1. The van der Waals surface area contributed by atoms with E-state index in [-0.39, 0.29) is 0 Å². The molecule has 2 rings (SSSR count). The molecule has 84 valence electrons. The quantitative estimate of drug-likeness (QED) is 0.849. The van der Waals surface area contributed by atoms with Gasteiger partial charge in [0.1, 0.15) is 0 Å². The van der Waals surface area contributed by atoms with Gasteiger partial charge in [0, 0.05) is 37.9 Å². The van der Waals surface area contributed by atoms with E-state index in [0.29, 0.717) is 0 Å². The van der Waals surface area contributed by atoms with Crippen LogP contribution in [0.3, 0.4) is 0 Å². The van der Waals surface area contributed by atoms with Gasteiger partial charge in [-0.25, -0.2) is 0 Å². The molecule has 0 aliphatic heterocycles. The van der Waals surface area contributed by atoms with E-state index in [1.165, 1.54) is 16.6 Å². The van der Waals surface area contributed by atoms with Crippen LogP contribution in [0.25, 0.3) is 10.9 Å². The Morgan fingerprint density at radius 1 is 1.25 bits per heavy atom. The second-order valence-electron chi connectivity index (χ2n) is 4.15. The molecule has 1 aromatic heterocycles. The summed E-state index contributed by atoms with van der Waals surface area (Å²) in [6.07, 6.45) is 1.92. The minimum atomic E-state index is 0.856. The fourth-order valence-corrected chi connectivity index (χ4v) is 1.74. The molecule has 3 heteroatoms. The predicted molar refractivity (Wildman–Crippen MR) is 68.8 cm³/mol. The van der Waals surface area contributed by atoms with Crippen LogP contribution in [0, 0.1) is 0 Å². The zero-order chi connectivity index (χ0) is 11.5. The molecule has 1 heterocycles. The molecule has 1 aromatic carbocycles. The van der Waals surface area contributed by atoms with Gasteiger partial charge in [-0.2, -0.15) is 0 Å². The van der Waals surface area contributed by atoms with Gasteiger partial charge >= 0.3 is 0 Å². The lowest BCUT2D eigenvalue weighted by Gasteiger charge is -2.13. The summed E-state index contributed by atoms with van der Waals surface area (Å²) in [6, 6.07) is 8.51. The van der Waals surface area contributed by atoms with Crippen molar-refractivity contribution in [3.8, 4) is 0 Å². The van der Waals surface area contributed by atoms with Gasteiger partial charge in [-0.15, -0.1) is 0 Å². The maximum Gasteiger partial charge on any atom is 0.0703 e. The third-order valence-corrected chi connectivity index (χ3v) is 2.62. The number of nitrogens with zero attached hydrogens (tertiary/aromatic N) is 2. The molecule has 16 heavy (non-hydrogen) atoms. The van der Waals surface area contributed by atoms with Crippen LogP contribution in [0.1, 0.15) is 5.56 Å². The second-order valence-corrected chi connectivity index (χ2v) is 4.15. The third-order valence-electron chi connectivity index (χ3n) is 2.62. The first-order chi connectivity index (χ1) is 7.70. The molecule has 2 aromatic rings. The van der Waals surface area contributed by atoms with Crippen molar-refractivity contribution in [2.24, 2.45) is 0 Å². The lowest BCUT2D eigenvalue weighted by Crippen LogP contribution is -2.08. The van der Waals surface area contributed by atoms with E-state index in [1.54, 1.807) is 0 Å². The maximum atomic E-state index is 4.44. The van der Waals surface area contributed by atoms with Gasteiger partial charge in [0.2, 0.25) is 0 Å². The summed E-state index contributed by atoms with van der Waals surface area (Å²) >= 11 is 0. The molecule has 1 N–H and O–H groups in total. The Balaban J connectivity index is 2.48. The van der Waals surface area contributed by atoms with Crippen LogP contribution in [-0.2, 0) is 6.54 Å². The van der Waals surface area contributed by atoms with Crippen molar-refractivity contribution in [2.45, 2.75) is 6.54 Å². The molecule has 0 saturated heterocycles. The Labute approximate surface area is 96.1 Å². The van der Waals surface area contributed by atoms with Crippen LogP contribution in [-0.4, -0.2) is 26.1 Å². The highest BCUT2D eigenvalue weighted by Gasteiger charge is 2.00. The number of pyridine rings is 1. The number of benzene rings is 1. The fourth-order valence-electron chi connectivity index (χ4n) is 1.74. The number of hydrogen-bond acceptors (Lipinski definition) is 3. The van der Waals surface area contributed by atoms with Crippen molar-refractivity contribution in [3.05, 3.63) is 36.0 Å². The highest BCUT2D eigenvalue weighted by molar-refractivity contribution is 5.82. The summed E-state index contributed by atoms with van der Waals surface area (Å²) in [5.41, 5.74) is 3.47. The van der Waals surface area contributed by atoms with E-state index in [1.807, 2.05) is 27.3 Å². The maximum absolute atomic E-state index is 4.44. The van der Waals surface area contributed by atoms with E-state index in [2.05, 4.69) is 39.5 Å². The predicted octanol–water partition coefficient (Wildman–Crippen LogP) is 2.02. The summed E-state index contributed by atoms with van der Waals surface area (Å²) in [4.78, 5) is 6.54. The molecular weight excluding hydrogens is 198 g/mol. The van der Waals surface area contributed by atoms with Crippen molar-refractivity contribution < 1.29 is 0 Å². The van der Waals surface area contributed by atoms with Crippen LogP contribution < -0.4 is 10.2 Å². The zero-order valence-corrected chi connectivity index (χ0v) is 9.99. The van der Waals surface area contributed by atoms with Gasteiger partial charge in [0.05, 0.1) is 5.52 Å².